The van der Waals surface area contributed by atoms with Gasteiger partial charge in [0.2, 0.25) is 10.0 Å². The minimum atomic E-state index is -3.56. The molecule has 0 radical (unpaired) electrons. The van der Waals surface area contributed by atoms with E-state index in [-0.39, 0.29) is 0 Å². The van der Waals surface area contributed by atoms with Crippen molar-refractivity contribution in [1.82, 2.24) is 14.2 Å². The van der Waals surface area contributed by atoms with E-state index in [2.05, 4.69) is 9.88 Å². The van der Waals surface area contributed by atoms with Gasteiger partial charge in [0.05, 0.1) is 10.4 Å². The van der Waals surface area contributed by atoms with Crippen molar-refractivity contribution < 1.29 is 8.42 Å². The summed E-state index contributed by atoms with van der Waals surface area (Å²) in [5.74, 6) is 0. The fraction of sp³-hybridized carbons (Fsp3) is 0.286. The number of hydrogen-bond acceptors (Lipinski definition) is 4. The first-order valence-electron chi connectivity index (χ1n) is 9.26. The van der Waals surface area contributed by atoms with E-state index in [9.17, 15) is 8.42 Å². The molecule has 0 saturated carbocycles. The molecule has 1 saturated heterocycles. The van der Waals surface area contributed by atoms with Crippen LogP contribution in [0.1, 0.15) is 11.1 Å². The summed E-state index contributed by atoms with van der Waals surface area (Å²) in [7, 11) is -3.56. The molecule has 0 aliphatic carbocycles. The van der Waals surface area contributed by atoms with E-state index in [0.717, 1.165) is 28.2 Å². The first-order chi connectivity index (χ1) is 13.4. The summed E-state index contributed by atoms with van der Waals surface area (Å²) in [5, 5.41) is 1.41. The van der Waals surface area contributed by atoms with E-state index in [0.29, 0.717) is 36.5 Å². The lowest BCUT2D eigenvalue weighted by Crippen LogP contribution is -2.48. The van der Waals surface area contributed by atoms with Crippen LogP contribution in [0.3, 0.4) is 0 Å². The van der Waals surface area contributed by atoms with Crippen LogP contribution in [0.4, 0.5) is 0 Å². The highest BCUT2D eigenvalue weighted by Gasteiger charge is 2.30. The molecule has 28 heavy (non-hydrogen) atoms. The molecule has 7 heteroatoms. The molecule has 146 valence electrons. The summed E-state index contributed by atoms with van der Waals surface area (Å²) in [6, 6.07) is 14.9. The number of hydrogen-bond donors (Lipinski definition) is 0. The van der Waals surface area contributed by atoms with Gasteiger partial charge in [0.1, 0.15) is 0 Å². The van der Waals surface area contributed by atoms with Crippen molar-refractivity contribution in [3.63, 3.8) is 0 Å². The van der Waals surface area contributed by atoms with Gasteiger partial charge in [0.15, 0.2) is 0 Å². The highest BCUT2D eigenvalue weighted by molar-refractivity contribution is 7.89. The molecule has 1 aliphatic rings. The molecule has 0 unspecified atom stereocenters. The van der Waals surface area contributed by atoms with Crippen LogP contribution in [0, 0.1) is 6.92 Å². The Morgan fingerprint density at radius 2 is 1.82 bits per heavy atom. The molecule has 2 heterocycles. The molecule has 3 aromatic rings. The fourth-order valence-electron chi connectivity index (χ4n) is 3.67. The van der Waals surface area contributed by atoms with Crippen molar-refractivity contribution in [1.29, 1.82) is 0 Å². The summed E-state index contributed by atoms with van der Waals surface area (Å²) in [4.78, 5) is 6.96. The zero-order chi connectivity index (χ0) is 19.7. The van der Waals surface area contributed by atoms with Gasteiger partial charge >= 0.3 is 0 Å². The van der Waals surface area contributed by atoms with Gasteiger partial charge in [-0.2, -0.15) is 4.31 Å². The normalized spacial score (nSPS) is 16.5. The molecule has 1 fully saturated rings. The Labute approximate surface area is 170 Å². The number of aromatic nitrogens is 1. The lowest BCUT2D eigenvalue weighted by Gasteiger charge is -2.34. The lowest BCUT2D eigenvalue weighted by atomic mass is 10.1. The highest BCUT2D eigenvalue weighted by Crippen LogP contribution is 2.27. The van der Waals surface area contributed by atoms with Gasteiger partial charge in [-0.05, 0) is 48.4 Å². The van der Waals surface area contributed by atoms with E-state index < -0.39 is 10.0 Å². The van der Waals surface area contributed by atoms with Gasteiger partial charge in [-0.15, -0.1) is 0 Å². The summed E-state index contributed by atoms with van der Waals surface area (Å²) < 4.78 is 28.2. The Morgan fingerprint density at radius 1 is 1.04 bits per heavy atom. The van der Waals surface area contributed by atoms with Gasteiger partial charge in [-0.25, -0.2) is 8.42 Å². The van der Waals surface area contributed by atoms with E-state index >= 15 is 0 Å². The van der Waals surface area contributed by atoms with Crippen LogP contribution < -0.4 is 0 Å². The van der Waals surface area contributed by atoms with Gasteiger partial charge in [0, 0.05) is 49.3 Å². The third-order valence-corrected chi connectivity index (χ3v) is 7.37. The molecular formula is C21H22ClN3O2S. The average molecular weight is 416 g/mol. The van der Waals surface area contributed by atoms with Crippen LogP contribution >= 0.6 is 11.6 Å². The second-order valence-corrected chi connectivity index (χ2v) is 9.43. The molecule has 5 nitrogen and oxygen atoms in total. The van der Waals surface area contributed by atoms with Gasteiger partial charge < -0.3 is 0 Å². The van der Waals surface area contributed by atoms with E-state index in [1.807, 2.05) is 43.3 Å². The Balaban J connectivity index is 1.52. The van der Waals surface area contributed by atoms with Crippen molar-refractivity contribution in [2.24, 2.45) is 0 Å². The number of benzene rings is 2. The fourth-order valence-corrected chi connectivity index (χ4v) is 5.49. The SMILES string of the molecule is Cc1ccc(S(=O)(=O)N2CCN(Cc3cccc(Cl)c3)CC2)c2cccnc12. The van der Waals surface area contributed by atoms with Crippen LogP contribution in [-0.2, 0) is 16.6 Å². The molecule has 0 bridgehead atoms. The maximum atomic E-state index is 13.3. The third-order valence-electron chi connectivity index (χ3n) is 5.18. The number of piperazine rings is 1. The van der Waals surface area contributed by atoms with E-state index in [1.54, 1.807) is 22.6 Å². The van der Waals surface area contributed by atoms with E-state index in [1.165, 1.54) is 0 Å². The predicted molar refractivity (Wildman–Crippen MR) is 112 cm³/mol. The molecule has 0 N–H and O–H groups in total. The zero-order valence-corrected chi connectivity index (χ0v) is 17.2. The third kappa shape index (κ3) is 3.78. The lowest BCUT2D eigenvalue weighted by molar-refractivity contribution is 0.181. The maximum absolute atomic E-state index is 13.3. The van der Waals surface area contributed by atoms with Gasteiger partial charge in [-0.1, -0.05) is 29.8 Å². The minimum absolute atomic E-state index is 0.337. The van der Waals surface area contributed by atoms with Crippen LogP contribution in [-0.4, -0.2) is 48.8 Å². The molecule has 1 aliphatic heterocycles. The largest absolute Gasteiger partial charge is 0.296 e. The number of aryl methyl sites for hydroxylation is 1. The molecule has 0 spiro atoms. The molecule has 4 rings (SSSR count). The molecule has 2 aromatic carbocycles. The van der Waals surface area contributed by atoms with Crippen LogP contribution in [0.15, 0.2) is 59.6 Å². The van der Waals surface area contributed by atoms with Crippen LogP contribution in [0.2, 0.25) is 5.02 Å². The topological polar surface area (TPSA) is 53.5 Å². The summed E-state index contributed by atoms with van der Waals surface area (Å²) >= 11 is 6.06. The Bertz CT molecular complexity index is 1110. The summed E-state index contributed by atoms with van der Waals surface area (Å²) in [5.41, 5.74) is 2.85. The maximum Gasteiger partial charge on any atom is 0.243 e. The minimum Gasteiger partial charge on any atom is -0.296 e. The van der Waals surface area contributed by atoms with E-state index in [4.69, 9.17) is 11.6 Å². The van der Waals surface area contributed by atoms with Crippen molar-refractivity contribution in [3.8, 4) is 0 Å². The number of rotatable bonds is 4. The number of pyridine rings is 1. The Kier molecular flexibility index (Phi) is 5.38. The Hall–Kier alpha value is -1.99. The Morgan fingerprint density at radius 3 is 2.57 bits per heavy atom. The zero-order valence-electron chi connectivity index (χ0n) is 15.7. The first-order valence-corrected chi connectivity index (χ1v) is 11.1. The summed E-state index contributed by atoms with van der Waals surface area (Å²) in [6.07, 6.45) is 1.69. The number of nitrogens with zero attached hydrogens (tertiary/aromatic N) is 3. The monoisotopic (exact) mass is 415 g/mol. The first kappa shape index (κ1) is 19.3. The number of fused-ring (bicyclic) bond motifs is 1. The van der Waals surface area contributed by atoms with Gasteiger partial charge in [0.25, 0.3) is 0 Å². The predicted octanol–water partition coefficient (Wildman–Crippen LogP) is 3.70. The smallest absolute Gasteiger partial charge is 0.243 e. The quantitative estimate of drug-likeness (QED) is 0.652. The van der Waals surface area contributed by atoms with Crippen molar-refractivity contribution >= 4 is 32.5 Å². The number of sulfonamides is 1. The van der Waals surface area contributed by atoms with Crippen molar-refractivity contribution in [3.05, 3.63) is 70.9 Å². The standard InChI is InChI=1S/C21H22ClN3O2S/c1-16-7-8-20(19-6-3-9-23-21(16)19)28(26,27)25-12-10-24(11-13-25)15-17-4-2-5-18(22)14-17/h2-9,14H,10-13,15H2,1H3. The van der Waals surface area contributed by atoms with Gasteiger partial charge in [-0.3, -0.25) is 9.88 Å². The van der Waals surface area contributed by atoms with Crippen LogP contribution in [0.25, 0.3) is 10.9 Å². The molecular weight excluding hydrogens is 394 g/mol. The van der Waals surface area contributed by atoms with Crippen molar-refractivity contribution in [2.75, 3.05) is 26.2 Å². The molecule has 0 atom stereocenters. The molecule has 1 aromatic heterocycles. The second kappa shape index (κ2) is 7.79. The summed E-state index contributed by atoms with van der Waals surface area (Å²) in [6.45, 7) is 5.03. The van der Waals surface area contributed by atoms with Crippen molar-refractivity contribution in [2.45, 2.75) is 18.4 Å². The average Bonchev–Trinajstić information content (AvgIpc) is 2.69. The van der Waals surface area contributed by atoms with Crippen LogP contribution in [0.5, 0.6) is 0 Å². The second-order valence-electron chi connectivity index (χ2n) is 7.09. The number of halogens is 1. The highest BCUT2D eigenvalue weighted by atomic mass is 35.5. The molecule has 0 amide bonds.